The molecular weight excluding hydrogens is 291 g/mol. The molecule has 100 valence electrons. The molecule has 3 nitrogen and oxygen atoms in total. The van der Waals surface area contributed by atoms with Gasteiger partial charge in [0.25, 0.3) is 0 Å². The van der Waals surface area contributed by atoms with Gasteiger partial charge in [-0.2, -0.15) is 0 Å². The molecule has 0 aromatic rings. The van der Waals surface area contributed by atoms with Gasteiger partial charge >= 0.3 is 0 Å². The van der Waals surface area contributed by atoms with E-state index in [1.165, 1.54) is 0 Å². The highest BCUT2D eigenvalue weighted by Crippen LogP contribution is 2.70. The van der Waals surface area contributed by atoms with E-state index in [4.69, 9.17) is 0 Å². The topological polar surface area (TPSA) is 60.7 Å². The van der Waals surface area contributed by atoms with E-state index in [9.17, 15) is 15.3 Å². The molecule has 0 rings (SSSR count). The molecule has 0 heterocycles. The molecule has 0 aliphatic heterocycles. The van der Waals surface area contributed by atoms with Crippen LogP contribution in [-0.2, 0) is 0 Å². The van der Waals surface area contributed by atoms with E-state index in [0.29, 0.717) is 25.4 Å². The molecule has 0 fully saturated rings. The number of rotatable bonds is 7. The third-order valence-corrected chi connectivity index (χ3v) is 8.83. The highest BCUT2D eigenvalue weighted by atomic mass is 79.9. The lowest BCUT2D eigenvalue weighted by Gasteiger charge is -2.37. The molecule has 0 saturated carbocycles. The highest BCUT2D eigenvalue weighted by Gasteiger charge is 2.53. The SMILES string of the molecule is CCC(O)[P+](CC)(C(O)CC)C(O)CC.[Br-]. The van der Waals surface area contributed by atoms with Crippen molar-refractivity contribution in [2.75, 3.05) is 6.16 Å². The van der Waals surface area contributed by atoms with E-state index in [2.05, 4.69) is 0 Å². The number of aliphatic hydroxyl groups excluding tert-OH is 3. The van der Waals surface area contributed by atoms with E-state index >= 15 is 0 Å². The number of hydrogen-bond donors (Lipinski definition) is 3. The van der Waals surface area contributed by atoms with Crippen LogP contribution in [0.3, 0.4) is 0 Å². The zero-order valence-electron chi connectivity index (χ0n) is 10.7. The lowest BCUT2D eigenvalue weighted by Crippen LogP contribution is -3.00. The highest BCUT2D eigenvalue weighted by molar-refractivity contribution is 7.77. The predicted octanol–water partition coefficient (Wildman–Crippen LogP) is -0.787. The summed E-state index contributed by atoms with van der Waals surface area (Å²) in [6.07, 6.45) is 2.52. The van der Waals surface area contributed by atoms with Crippen LogP contribution in [0.2, 0.25) is 0 Å². The molecule has 0 spiro atoms. The van der Waals surface area contributed by atoms with Crippen LogP contribution in [0.4, 0.5) is 0 Å². The van der Waals surface area contributed by atoms with Crippen LogP contribution in [-0.4, -0.2) is 39.0 Å². The van der Waals surface area contributed by atoms with Gasteiger partial charge < -0.3 is 32.3 Å². The minimum Gasteiger partial charge on any atom is -1.00 e. The summed E-state index contributed by atoms with van der Waals surface area (Å²) < 4.78 is 0. The maximum atomic E-state index is 10.1. The molecule has 0 aromatic heterocycles. The fourth-order valence-corrected chi connectivity index (χ4v) is 6.74. The van der Waals surface area contributed by atoms with Crippen LogP contribution in [0.5, 0.6) is 0 Å². The van der Waals surface area contributed by atoms with Crippen molar-refractivity contribution in [3.63, 3.8) is 0 Å². The van der Waals surface area contributed by atoms with Gasteiger partial charge in [-0.3, -0.25) is 0 Å². The van der Waals surface area contributed by atoms with Gasteiger partial charge in [0.05, 0.1) is 6.16 Å². The van der Waals surface area contributed by atoms with Gasteiger partial charge in [-0.1, -0.05) is 20.8 Å². The largest absolute Gasteiger partial charge is 1.00 e. The molecule has 0 aliphatic carbocycles. The molecule has 5 heteroatoms. The number of aliphatic hydroxyl groups is 3. The molecule has 16 heavy (non-hydrogen) atoms. The van der Waals surface area contributed by atoms with Crippen LogP contribution in [0.15, 0.2) is 0 Å². The van der Waals surface area contributed by atoms with Crippen molar-refractivity contribution in [1.29, 1.82) is 0 Å². The average molecular weight is 317 g/mol. The lowest BCUT2D eigenvalue weighted by molar-refractivity contribution is -0.00000788. The Balaban J connectivity index is 0. The standard InChI is InChI=1S/C11H26O3P.BrH/c1-5-9(12)15(8-4,10(13)6-2)11(14)7-3;/h9-14H,5-8H2,1-4H3;1H/q+1;/p-1. The van der Waals surface area contributed by atoms with E-state index in [0.717, 1.165) is 0 Å². The zero-order chi connectivity index (χ0) is 12.1. The fraction of sp³-hybridized carbons (Fsp3) is 1.00. The van der Waals surface area contributed by atoms with E-state index in [-0.39, 0.29) is 17.0 Å². The summed E-state index contributed by atoms with van der Waals surface area (Å²) in [5, 5.41) is 30.3. The molecule has 0 amide bonds. The number of hydrogen-bond acceptors (Lipinski definition) is 3. The van der Waals surface area contributed by atoms with E-state index < -0.39 is 24.8 Å². The van der Waals surface area contributed by atoms with Crippen molar-refractivity contribution in [3.8, 4) is 0 Å². The Kier molecular flexibility index (Phi) is 10.5. The molecule has 3 unspecified atom stereocenters. The maximum absolute atomic E-state index is 10.1. The summed E-state index contributed by atoms with van der Waals surface area (Å²) >= 11 is 0. The Morgan fingerprint density at radius 1 is 0.750 bits per heavy atom. The van der Waals surface area contributed by atoms with Crippen molar-refractivity contribution in [2.45, 2.75) is 64.5 Å². The van der Waals surface area contributed by atoms with Crippen molar-refractivity contribution in [1.82, 2.24) is 0 Å². The van der Waals surface area contributed by atoms with Gasteiger partial charge in [-0.05, 0) is 6.92 Å². The molecule has 3 N–H and O–H groups in total. The minimum atomic E-state index is -2.08. The van der Waals surface area contributed by atoms with Gasteiger partial charge in [-0.25, -0.2) is 0 Å². The van der Waals surface area contributed by atoms with Gasteiger partial charge in [0.2, 0.25) is 0 Å². The maximum Gasteiger partial charge on any atom is 0.169 e. The average Bonchev–Trinajstić information content (AvgIpc) is 2.29. The molecule has 3 atom stereocenters. The van der Waals surface area contributed by atoms with Gasteiger partial charge in [0.15, 0.2) is 17.5 Å². The molecule has 0 aromatic carbocycles. The summed E-state index contributed by atoms with van der Waals surface area (Å²) in [5.74, 6) is -1.60. The van der Waals surface area contributed by atoms with E-state index in [1.54, 1.807) is 0 Å². The van der Waals surface area contributed by atoms with Crippen LogP contribution in [0, 0.1) is 0 Å². The van der Waals surface area contributed by atoms with Crippen molar-refractivity contribution in [3.05, 3.63) is 0 Å². The predicted molar refractivity (Wildman–Crippen MR) is 66.4 cm³/mol. The van der Waals surface area contributed by atoms with E-state index in [1.807, 2.05) is 27.7 Å². The Labute approximate surface area is 110 Å². The van der Waals surface area contributed by atoms with Crippen LogP contribution in [0.1, 0.15) is 47.0 Å². The van der Waals surface area contributed by atoms with Gasteiger partial charge in [0.1, 0.15) is 7.26 Å². The first kappa shape index (κ1) is 19.1. The second-order valence-electron chi connectivity index (χ2n) is 3.98. The summed E-state index contributed by atoms with van der Waals surface area (Å²) in [6.45, 7) is 7.67. The summed E-state index contributed by atoms with van der Waals surface area (Å²) in [6, 6.07) is 0. The summed E-state index contributed by atoms with van der Waals surface area (Å²) in [7, 11) is -2.08. The lowest BCUT2D eigenvalue weighted by atomic mass is 10.5. The summed E-state index contributed by atoms with van der Waals surface area (Å²) in [4.78, 5) is 0. The molecule has 0 aliphatic rings. The van der Waals surface area contributed by atoms with Gasteiger partial charge in [0, 0.05) is 19.3 Å². The molecule has 0 bridgehead atoms. The quantitative estimate of drug-likeness (QED) is 0.540. The zero-order valence-corrected chi connectivity index (χ0v) is 13.2. The Bertz CT molecular complexity index is 154. The fourth-order valence-electron chi connectivity index (χ4n) is 2.25. The van der Waals surface area contributed by atoms with Crippen molar-refractivity contribution < 1.29 is 32.3 Å². The second kappa shape index (κ2) is 8.82. The normalized spacial score (nSPS) is 20.4. The van der Waals surface area contributed by atoms with Crippen LogP contribution < -0.4 is 17.0 Å². The van der Waals surface area contributed by atoms with Crippen LogP contribution >= 0.6 is 7.26 Å². The Morgan fingerprint density at radius 3 is 1.12 bits per heavy atom. The molecule has 0 radical (unpaired) electrons. The van der Waals surface area contributed by atoms with Crippen LogP contribution in [0.25, 0.3) is 0 Å². The minimum absolute atomic E-state index is 0. The van der Waals surface area contributed by atoms with Crippen molar-refractivity contribution in [2.24, 2.45) is 0 Å². The van der Waals surface area contributed by atoms with Gasteiger partial charge in [-0.15, -0.1) is 0 Å². The first-order chi connectivity index (χ1) is 7.00. The third-order valence-electron chi connectivity index (χ3n) is 3.31. The Morgan fingerprint density at radius 2 is 1.00 bits per heavy atom. The molecular formula is C11H26BrO3P. The Hall–Kier alpha value is 0.790. The second-order valence-corrected chi connectivity index (χ2v) is 8.39. The first-order valence-electron chi connectivity index (χ1n) is 5.92. The first-order valence-corrected chi connectivity index (χ1v) is 8.10. The summed E-state index contributed by atoms with van der Waals surface area (Å²) in [5.41, 5.74) is 0. The third kappa shape index (κ3) is 3.64. The number of halogens is 1. The molecule has 0 saturated heterocycles. The smallest absolute Gasteiger partial charge is 0.169 e. The monoisotopic (exact) mass is 316 g/mol. The van der Waals surface area contributed by atoms with Crippen molar-refractivity contribution >= 4 is 7.26 Å².